The van der Waals surface area contributed by atoms with Crippen LogP contribution in [0.2, 0.25) is 0 Å². The number of aliphatic hydroxyl groups is 1. The van der Waals surface area contributed by atoms with Gasteiger partial charge in [0.05, 0.1) is 19.9 Å². The van der Waals surface area contributed by atoms with Gasteiger partial charge in [0, 0.05) is 0 Å². The third-order valence-corrected chi connectivity index (χ3v) is 5.12. The van der Waals surface area contributed by atoms with Gasteiger partial charge in [0.15, 0.2) is 11.5 Å². The summed E-state index contributed by atoms with van der Waals surface area (Å²) in [6.07, 6.45) is 3.08. The molecule has 2 aromatic carbocycles. The van der Waals surface area contributed by atoms with Crippen molar-refractivity contribution in [2.45, 2.75) is 58.8 Å². The van der Waals surface area contributed by atoms with Crippen LogP contribution in [0.25, 0.3) is 0 Å². The highest BCUT2D eigenvalue weighted by atomic mass is 16.5. The molecule has 0 spiro atoms. The molecule has 7 nitrogen and oxygen atoms in total. The Morgan fingerprint density at radius 1 is 1.03 bits per heavy atom. The largest absolute Gasteiger partial charge is 0.493 e. The molecule has 1 aromatic heterocycles. The zero-order valence-corrected chi connectivity index (χ0v) is 19.3. The Hall–Kier alpha value is -3.06. The summed E-state index contributed by atoms with van der Waals surface area (Å²) in [5, 5.41) is 18.6. The number of methoxy groups -OCH3 is 1. The summed E-state index contributed by atoms with van der Waals surface area (Å²) in [7, 11) is 1.62. The standard InChI is InChI=1S/C25H33N3O4/c1-5-6-19-7-12-24(25(13-19)30-4)32-17-22(29)15-28-14-21(26-27-28)16-31-23-10-8-20(9-11-23)18(2)3/h7-14,18,22,29H,5-6,15-17H2,1-4H3. The minimum absolute atomic E-state index is 0.122. The number of ether oxygens (including phenoxy) is 3. The molecule has 1 unspecified atom stereocenters. The SMILES string of the molecule is CCCc1ccc(OCC(O)Cn2cc(COc3ccc(C(C)C)cc3)nn2)c(OC)c1. The number of nitrogens with zero attached hydrogens (tertiary/aromatic N) is 3. The van der Waals surface area contributed by atoms with E-state index in [4.69, 9.17) is 14.2 Å². The van der Waals surface area contributed by atoms with Crippen LogP contribution in [-0.4, -0.2) is 39.9 Å². The molecule has 0 aliphatic carbocycles. The van der Waals surface area contributed by atoms with E-state index in [1.807, 2.05) is 30.3 Å². The van der Waals surface area contributed by atoms with Gasteiger partial charge in [0.2, 0.25) is 0 Å². The van der Waals surface area contributed by atoms with Crippen molar-refractivity contribution in [3.05, 3.63) is 65.5 Å². The predicted molar refractivity (Wildman–Crippen MR) is 123 cm³/mol. The van der Waals surface area contributed by atoms with E-state index >= 15 is 0 Å². The smallest absolute Gasteiger partial charge is 0.161 e. The molecule has 1 atom stereocenters. The maximum atomic E-state index is 10.4. The van der Waals surface area contributed by atoms with Crippen LogP contribution >= 0.6 is 0 Å². The van der Waals surface area contributed by atoms with Crippen LogP contribution in [0.5, 0.6) is 17.2 Å². The first-order chi connectivity index (χ1) is 15.5. The Balaban J connectivity index is 1.47. The molecule has 7 heteroatoms. The van der Waals surface area contributed by atoms with Gasteiger partial charge in [-0.2, -0.15) is 0 Å². The Kier molecular flexibility index (Phi) is 8.50. The van der Waals surface area contributed by atoms with Gasteiger partial charge in [0.1, 0.15) is 30.8 Å². The monoisotopic (exact) mass is 439 g/mol. The molecular formula is C25H33N3O4. The van der Waals surface area contributed by atoms with Gasteiger partial charge < -0.3 is 19.3 Å². The minimum Gasteiger partial charge on any atom is -0.493 e. The van der Waals surface area contributed by atoms with E-state index in [2.05, 4.69) is 43.2 Å². The number of hydrogen-bond acceptors (Lipinski definition) is 6. The second-order valence-corrected chi connectivity index (χ2v) is 8.14. The molecule has 1 heterocycles. The highest BCUT2D eigenvalue weighted by Crippen LogP contribution is 2.28. The van der Waals surface area contributed by atoms with E-state index in [-0.39, 0.29) is 13.2 Å². The molecule has 0 radical (unpaired) electrons. The Bertz CT molecular complexity index is 970. The summed E-state index contributed by atoms with van der Waals surface area (Å²) in [5.41, 5.74) is 3.17. The molecule has 0 saturated heterocycles. The first-order valence-electron chi connectivity index (χ1n) is 11.1. The summed E-state index contributed by atoms with van der Waals surface area (Å²) in [6.45, 7) is 7.16. The highest BCUT2D eigenvalue weighted by Gasteiger charge is 2.12. The van der Waals surface area contributed by atoms with Crippen molar-refractivity contribution >= 4 is 0 Å². The Morgan fingerprint density at radius 2 is 1.81 bits per heavy atom. The maximum absolute atomic E-state index is 10.4. The third-order valence-electron chi connectivity index (χ3n) is 5.12. The lowest BCUT2D eigenvalue weighted by Gasteiger charge is -2.15. The van der Waals surface area contributed by atoms with Crippen molar-refractivity contribution in [2.24, 2.45) is 0 Å². The fraction of sp³-hybridized carbons (Fsp3) is 0.440. The predicted octanol–water partition coefficient (Wildman–Crippen LogP) is 4.38. The van der Waals surface area contributed by atoms with Crippen LogP contribution in [0.4, 0.5) is 0 Å². The lowest BCUT2D eigenvalue weighted by molar-refractivity contribution is 0.0874. The van der Waals surface area contributed by atoms with Gasteiger partial charge >= 0.3 is 0 Å². The van der Waals surface area contributed by atoms with Crippen molar-refractivity contribution in [1.82, 2.24) is 15.0 Å². The van der Waals surface area contributed by atoms with Crippen LogP contribution in [0, 0.1) is 0 Å². The second kappa shape index (κ2) is 11.5. The van der Waals surface area contributed by atoms with Crippen molar-refractivity contribution < 1.29 is 19.3 Å². The zero-order valence-electron chi connectivity index (χ0n) is 19.3. The molecule has 0 saturated carbocycles. The van der Waals surface area contributed by atoms with Crippen molar-refractivity contribution in [1.29, 1.82) is 0 Å². The van der Waals surface area contributed by atoms with Crippen molar-refractivity contribution in [3.63, 3.8) is 0 Å². The van der Waals surface area contributed by atoms with Crippen molar-refractivity contribution in [3.8, 4) is 17.2 Å². The fourth-order valence-corrected chi connectivity index (χ4v) is 3.33. The quantitative estimate of drug-likeness (QED) is 0.451. The van der Waals surface area contributed by atoms with Crippen LogP contribution in [-0.2, 0) is 19.6 Å². The van der Waals surface area contributed by atoms with E-state index in [0.29, 0.717) is 29.7 Å². The molecule has 3 aromatic rings. The van der Waals surface area contributed by atoms with E-state index < -0.39 is 6.10 Å². The number of aliphatic hydroxyl groups excluding tert-OH is 1. The van der Waals surface area contributed by atoms with Gasteiger partial charge in [-0.1, -0.05) is 50.6 Å². The average molecular weight is 440 g/mol. The molecule has 0 aliphatic rings. The van der Waals surface area contributed by atoms with Crippen molar-refractivity contribution in [2.75, 3.05) is 13.7 Å². The molecule has 0 bridgehead atoms. The molecule has 0 aliphatic heterocycles. The van der Waals surface area contributed by atoms with Crippen LogP contribution in [0.1, 0.15) is 49.9 Å². The first-order valence-corrected chi connectivity index (χ1v) is 11.1. The second-order valence-electron chi connectivity index (χ2n) is 8.14. The maximum Gasteiger partial charge on any atom is 0.161 e. The zero-order chi connectivity index (χ0) is 22.9. The van der Waals surface area contributed by atoms with Crippen LogP contribution in [0.3, 0.4) is 0 Å². The Morgan fingerprint density at radius 3 is 2.50 bits per heavy atom. The summed E-state index contributed by atoms with van der Waals surface area (Å²) >= 11 is 0. The third kappa shape index (κ3) is 6.72. The molecule has 1 N–H and O–H groups in total. The van der Waals surface area contributed by atoms with Crippen LogP contribution < -0.4 is 14.2 Å². The van der Waals surface area contributed by atoms with Gasteiger partial charge in [-0.15, -0.1) is 5.10 Å². The molecule has 0 amide bonds. The van der Waals surface area contributed by atoms with E-state index in [9.17, 15) is 5.11 Å². The number of rotatable bonds is 12. The van der Waals surface area contributed by atoms with E-state index in [1.54, 1.807) is 18.0 Å². The summed E-state index contributed by atoms with van der Waals surface area (Å²) in [5.74, 6) is 2.56. The average Bonchev–Trinajstić information content (AvgIpc) is 3.24. The van der Waals surface area contributed by atoms with Gasteiger partial charge in [0.25, 0.3) is 0 Å². The molecule has 3 rings (SSSR count). The normalized spacial score (nSPS) is 12.1. The number of benzene rings is 2. The Labute approximate surface area is 189 Å². The summed E-state index contributed by atoms with van der Waals surface area (Å²) < 4.78 is 18.6. The minimum atomic E-state index is -0.742. The van der Waals surface area contributed by atoms with E-state index in [1.165, 1.54) is 11.1 Å². The van der Waals surface area contributed by atoms with E-state index in [0.717, 1.165) is 18.6 Å². The number of aromatic nitrogens is 3. The lowest BCUT2D eigenvalue weighted by Crippen LogP contribution is -2.24. The fourth-order valence-electron chi connectivity index (χ4n) is 3.33. The van der Waals surface area contributed by atoms with Gasteiger partial charge in [-0.3, -0.25) is 0 Å². The number of hydrogen-bond donors (Lipinski definition) is 1. The topological polar surface area (TPSA) is 78.6 Å². The van der Waals surface area contributed by atoms with Gasteiger partial charge in [-0.05, 0) is 47.7 Å². The first kappa shape index (κ1) is 23.6. The van der Waals surface area contributed by atoms with Gasteiger partial charge in [-0.25, -0.2) is 4.68 Å². The highest BCUT2D eigenvalue weighted by molar-refractivity contribution is 5.43. The molecule has 32 heavy (non-hydrogen) atoms. The molecule has 172 valence electrons. The lowest BCUT2D eigenvalue weighted by atomic mass is 10.0. The number of aryl methyl sites for hydroxylation is 1. The summed E-state index contributed by atoms with van der Waals surface area (Å²) in [4.78, 5) is 0. The van der Waals surface area contributed by atoms with Crippen LogP contribution in [0.15, 0.2) is 48.7 Å². The summed E-state index contributed by atoms with van der Waals surface area (Å²) in [6, 6.07) is 13.9. The molecular weight excluding hydrogens is 406 g/mol. The molecule has 0 fully saturated rings.